The average Bonchev–Trinajstić information content (AvgIpc) is 3.96. The molecule has 6 heterocycles. The van der Waals surface area contributed by atoms with Crippen LogP contribution < -0.4 is 5.19 Å². The number of halogens is 3. The zero-order chi connectivity index (χ0) is 46.8. The number of para-hydroxylation sites is 2. The number of fused-ring (bicyclic) bond motifs is 7. The number of alkyl halides is 3. The molecule has 0 bridgehead atoms. The van der Waals surface area contributed by atoms with Crippen LogP contribution in [0.1, 0.15) is 81.5 Å². The Morgan fingerprint density at radius 1 is 0.701 bits per heavy atom. The largest absolute Gasteiger partial charge is 0.501 e. The van der Waals surface area contributed by atoms with Crippen LogP contribution in [0.15, 0.2) is 112 Å². The molecule has 0 aliphatic heterocycles. The minimum atomic E-state index is -4.57. The van der Waals surface area contributed by atoms with Crippen molar-refractivity contribution < 1.29 is 42.1 Å². The van der Waals surface area contributed by atoms with E-state index in [1.54, 1.807) is 12.1 Å². The molecule has 10 aromatic rings. The van der Waals surface area contributed by atoms with Crippen LogP contribution in [-0.2, 0) is 32.7 Å². The third kappa shape index (κ3) is 8.99. The first kappa shape index (κ1) is 47.5. The Balaban J connectivity index is 0.000000191. The van der Waals surface area contributed by atoms with Gasteiger partial charge in [0.15, 0.2) is 0 Å². The predicted octanol–water partition coefficient (Wildman–Crippen LogP) is 14.9. The molecule has 0 unspecified atom stereocenters. The van der Waals surface area contributed by atoms with E-state index in [-0.39, 0.29) is 37.7 Å². The van der Waals surface area contributed by atoms with Gasteiger partial charge in [0.05, 0.1) is 42.3 Å². The molecule has 0 saturated heterocycles. The third-order valence-electron chi connectivity index (χ3n) is 12.1. The topological polar surface area (TPSA) is 82.8 Å². The molecule has 6 aromatic heterocycles. The molecule has 345 valence electrons. The van der Waals surface area contributed by atoms with Crippen molar-refractivity contribution in [1.29, 1.82) is 0 Å². The summed E-state index contributed by atoms with van der Waals surface area (Å²) in [4.78, 5) is 18.2. The van der Waals surface area contributed by atoms with Crippen LogP contribution in [0.5, 0.6) is 0 Å². The van der Waals surface area contributed by atoms with E-state index >= 15 is 0 Å². The Bertz CT molecular complexity index is 3430. The van der Waals surface area contributed by atoms with Gasteiger partial charge in [0.1, 0.15) is 11.3 Å². The standard InChI is InChI=1S/C31H26F3N4O.C24H26NOSi.Ir/c1-16(2)19-8-6-9-20(17(3)4)27(19)38-25-15-35-18(5)14-24(25)36-29(38)23-11-7-10-21-22-12-13-26(31(32,33)34)37-30(22)39-28(21)23;1-16(2)13-17-14-21(25-15-23(17)27(3,4)5)20-11-8-10-19-18-9-6-7-12-22(18)26-24(19)20;/h6-10,12-17H,1-5H3;6-10,12,14-16H,13H2,1-5H3;/q2*-1;. The van der Waals surface area contributed by atoms with Crippen LogP contribution in [0.3, 0.4) is 0 Å². The summed E-state index contributed by atoms with van der Waals surface area (Å²) in [5.41, 5.74) is 10.7. The van der Waals surface area contributed by atoms with Gasteiger partial charge in [-0.3, -0.25) is 9.97 Å². The number of rotatable bonds is 8. The predicted molar refractivity (Wildman–Crippen MR) is 263 cm³/mol. The summed E-state index contributed by atoms with van der Waals surface area (Å²) < 4.78 is 54.5. The van der Waals surface area contributed by atoms with Crippen LogP contribution >= 0.6 is 0 Å². The van der Waals surface area contributed by atoms with Crippen molar-refractivity contribution in [2.75, 3.05) is 0 Å². The summed E-state index contributed by atoms with van der Waals surface area (Å²) in [7, 11) is -1.44. The van der Waals surface area contributed by atoms with Crippen molar-refractivity contribution >= 4 is 68.3 Å². The normalized spacial score (nSPS) is 12.3. The number of nitrogens with zero attached hydrogens (tertiary/aromatic N) is 5. The summed E-state index contributed by atoms with van der Waals surface area (Å²) in [5.74, 6) is 1.63. The van der Waals surface area contributed by atoms with Crippen LogP contribution in [0, 0.1) is 25.0 Å². The molecule has 1 radical (unpaired) electrons. The summed E-state index contributed by atoms with van der Waals surface area (Å²) >= 11 is 0. The van der Waals surface area contributed by atoms with Crippen molar-refractivity contribution in [3.05, 3.63) is 144 Å². The Morgan fingerprint density at radius 3 is 2.01 bits per heavy atom. The van der Waals surface area contributed by atoms with E-state index in [1.807, 2.05) is 37.4 Å². The first-order valence-electron chi connectivity index (χ1n) is 22.5. The third-order valence-corrected chi connectivity index (χ3v) is 14.1. The van der Waals surface area contributed by atoms with Gasteiger partial charge < -0.3 is 18.4 Å². The fourth-order valence-electron chi connectivity index (χ4n) is 8.99. The van der Waals surface area contributed by atoms with Gasteiger partial charge in [-0.15, -0.1) is 36.4 Å². The fraction of sp³-hybridized carbons (Fsp3) is 0.273. The molecule has 0 amide bonds. The zero-order valence-electron chi connectivity index (χ0n) is 39.3. The minimum absolute atomic E-state index is 0. The van der Waals surface area contributed by atoms with Crippen LogP contribution in [0.2, 0.25) is 19.6 Å². The van der Waals surface area contributed by atoms with Gasteiger partial charge in [0, 0.05) is 48.5 Å². The molecular formula is C55H52F3IrN5O2Si-2. The fourth-order valence-corrected chi connectivity index (χ4v) is 10.6. The quantitative estimate of drug-likeness (QED) is 0.111. The van der Waals surface area contributed by atoms with E-state index in [4.69, 9.17) is 18.8 Å². The molecule has 0 atom stereocenters. The number of hydrogen-bond donors (Lipinski definition) is 0. The van der Waals surface area contributed by atoms with Crippen LogP contribution in [0.4, 0.5) is 13.2 Å². The number of aryl methyl sites for hydroxylation is 1. The molecule has 67 heavy (non-hydrogen) atoms. The van der Waals surface area contributed by atoms with Crippen molar-refractivity contribution in [3.8, 4) is 28.3 Å². The van der Waals surface area contributed by atoms with Gasteiger partial charge in [-0.2, -0.15) is 13.2 Å². The van der Waals surface area contributed by atoms with Gasteiger partial charge in [0.25, 0.3) is 0 Å². The number of imidazole rings is 1. The van der Waals surface area contributed by atoms with E-state index < -0.39 is 19.9 Å². The molecule has 0 saturated carbocycles. The van der Waals surface area contributed by atoms with Gasteiger partial charge in [-0.1, -0.05) is 131 Å². The zero-order valence-corrected chi connectivity index (χ0v) is 42.7. The first-order valence-corrected chi connectivity index (χ1v) is 26.0. The van der Waals surface area contributed by atoms with E-state index in [9.17, 15) is 13.2 Å². The second-order valence-corrected chi connectivity index (χ2v) is 24.2. The molecule has 0 spiro atoms. The average molecular weight is 1090 g/mol. The number of benzene rings is 4. The summed E-state index contributed by atoms with van der Waals surface area (Å²) in [6.45, 7) is 22.2. The molecule has 0 aliphatic carbocycles. The molecule has 7 nitrogen and oxygen atoms in total. The maximum Gasteiger partial charge on any atom is 0.433 e. The maximum atomic E-state index is 13.4. The van der Waals surface area contributed by atoms with Gasteiger partial charge in [-0.05, 0) is 77.4 Å². The van der Waals surface area contributed by atoms with E-state index in [0.29, 0.717) is 33.7 Å². The molecule has 12 heteroatoms. The summed E-state index contributed by atoms with van der Waals surface area (Å²) in [5, 5.41) is 4.87. The van der Waals surface area contributed by atoms with Gasteiger partial charge >= 0.3 is 6.18 Å². The number of furan rings is 2. The van der Waals surface area contributed by atoms with Gasteiger partial charge in [0.2, 0.25) is 5.71 Å². The Hall–Kier alpha value is -5.94. The van der Waals surface area contributed by atoms with Crippen LogP contribution in [-0.4, -0.2) is 32.6 Å². The maximum absolute atomic E-state index is 13.4. The minimum Gasteiger partial charge on any atom is -0.501 e. The van der Waals surface area contributed by atoms with Crippen LogP contribution in [0.25, 0.3) is 83.4 Å². The van der Waals surface area contributed by atoms with E-state index in [1.165, 1.54) is 16.8 Å². The molecule has 0 aliphatic rings. The molecule has 0 fully saturated rings. The second kappa shape index (κ2) is 18.3. The van der Waals surface area contributed by atoms with Crippen molar-refractivity contribution in [2.24, 2.45) is 5.92 Å². The number of pyridine rings is 3. The van der Waals surface area contributed by atoms with Gasteiger partial charge in [-0.25, -0.2) is 4.98 Å². The molecule has 4 aromatic carbocycles. The first-order chi connectivity index (χ1) is 31.4. The van der Waals surface area contributed by atoms with Crippen molar-refractivity contribution in [3.63, 3.8) is 0 Å². The second-order valence-electron chi connectivity index (χ2n) is 19.2. The van der Waals surface area contributed by atoms with Crippen molar-refractivity contribution in [2.45, 2.75) is 92.5 Å². The van der Waals surface area contributed by atoms with Crippen molar-refractivity contribution in [1.82, 2.24) is 24.5 Å². The molecule has 10 rings (SSSR count). The summed E-state index contributed by atoms with van der Waals surface area (Å²) in [6.07, 6.45) is 0.424. The number of hydrogen-bond acceptors (Lipinski definition) is 6. The Kier molecular flexibility index (Phi) is 13.0. The van der Waals surface area contributed by atoms with E-state index in [0.717, 1.165) is 79.2 Å². The Labute approximate surface area is 403 Å². The monoisotopic (exact) mass is 1090 g/mol. The molecule has 0 N–H and O–H groups in total. The summed E-state index contributed by atoms with van der Waals surface area (Å²) in [6, 6.07) is 35.3. The smallest absolute Gasteiger partial charge is 0.433 e. The van der Waals surface area contributed by atoms with E-state index in [2.05, 4.69) is 137 Å². The molecular weight excluding hydrogens is 1040 g/mol. The SMILES string of the molecule is CC(C)Cc1cc(-c2[c-]ccc3c2oc2ccccc23)ncc1[Si](C)(C)C.Cc1cc2nc(-c3[c-]ccc4c3oc3nc(C(F)(F)F)ccc34)n(-c3c(C(C)C)cccc3C(C)C)c2cn1.[Ir]. The number of aromatic nitrogens is 5. The Morgan fingerprint density at radius 2 is 1.36 bits per heavy atom.